The monoisotopic (exact) mass is 399 g/mol. The van der Waals surface area contributed by atoms with E-state index in [1.54, 1.807) is 12.1 Å². The molecule has 2 aromatic rings. The molecule has 1 N–H and O–H groups in total. The molecule has 0 fully saturated rings. The standard InChI is InChI=1S/C16H15BrClNO2S/c1-10(2)21-12-4-6-15(13(17)8-12)22-16-5-3-11(18)7-14(16)19-9-20/h3-10H,1-2H3,(H,19,20). The van der Waals surface area contributed by atoms with Gasteiger partial charge < -0.3 is 10.1 Å². The van der Waals surface area contributed by atoms with Crippen molar-refractivity contribution >= 4 is 51.4 Å². The van der Waals surface area contributed by atoms with E-state index in [1.165, 1.54) is 11.8 Å². The summed E-state index contributed by atoms with van der Waals surface area (Å²) in [4.78, 5) is 12.6. The molecule has 116 valence electrons. The molecule has 0 aromatic heterocycles. The third-order valence-corrected chi connectivity index (χ3v) is 4.96. The lowest BCUT2D eigenvalue weighted by molar-refractivity contribution is -0.105. The number of carbonyl (C=O) groups excluding carboxylic acids is 1. The summed E-state index contributed by atoms with van der Waals surface area (Å²) in [5.41, 5.74) is 0.682. The number of hydrogen-bond acceptors (Lipinski definition) is 3. The van der Waals surface area contributed by atoms with Gasteiger partial charge in [-0.2, -0.15) is 0 Å². The smallest absolute Gasteiger partial charge is 0.211 e. The molecule has 0 radical (unpaired) electrons. The van der Waals surface area contributed by atoms with Gasteiger partial charge in [-0.3, -0.25) is 4.79 Å². The van der Waals surface area contributed by atoms with Gasteiger partial charge in [0.1, 0.15) is 5.75 Å². The fourth-order valence-electron chi connectivity index (χ4n) is 1.80. The zero-order valence-electron chi connectivity index (χ0n) is 12.1. The fourth-order valence-corrected chi connectivity index (χ4v) is 3.46. The average Bonchev–Trinajstić information content (AvgIpc) is 2.44. The van der Waals surface area contributed by atoms with Gasteiger partial charge in [0, 0.05) is 19.3 Å². The maximum atomic E-state index is 10.7. The number of amides is 1. The Morgan fingerprint density at radius 1 is 1.23 bits per heavy atom. The van der Waals surface area contributed by atoms with E-state index < -0.39 is 0 Å². The Kier molecular flexibility index (Phi) is 6.17. The van der Waals surface area contributed by atoms with E-state index in [1.807, 2.05) is 38.1 Å². The van der Waals surface area contributed by atoms with Gasteiger partial charge in [-0.1, -0.05) is 23.4 Å². The minimum absolute atomic E-state index is 0.130. The first-order chi connectivity index (χ1) is 10.5. The van der Waals surface area contributed by atoms with E-state index in [-0.39, 0.29) is 6.10 Å². The Hall–Kier alpha value is -1.17. The molecule has 2 aromatic carbocycles. The highest BCUT2D eigenvalue weighted by Gasteiger charge is 2.09. The fraction of sp³-hybridized carbons (Fsp3) is 0.188. The molecule has 0 spiro atoms. The van der Waals surface area contributed by atoms with Crippen LogP contribution in [0.15, 0.2) is 50.7 Å². The Morgan fingerprint density at radius 3 is 2.59 bits per heavy atom. The first kappa shape index (κ1) is 17.2. The molecular weight excluding hydrogens is 386 g/mol. The Bertz CT molecular complexity index is 679. The molecule has 6 heteroatoms. The molecule has 0 heterocycles. The molecule has 0 unspecified atom stereocenters. The summed E-state index contributed by atoms with van der Waals surface area (Å²) in [6, 6.07) is 11.2. The average molecular weight is 401 g/mol. The van der Waals surface area contributed by atoms with Crippen LogP contribution in [0.25, 0.3) is 0 Å². The first-order valence-corrected chi connectivity index (χ1v) is 8.62. The Morgan fingerprint density at radius 2 is 1.95 bits per heavy atom. The van der Waals surface area contributed by atoms with E-state index in [0.717, 1.165) is 20.0 Å². The SMILES string of the molecule is CC(C)Oc1ccc(Sc2ccc(Cl)cc2NC=O)c(Br)c1. The maximum absolute atomic E-state index is 10.7. The van der Waals surface area contributed by atoms with E-state index in [4.69, 9.17) is 16.3 Å². The summed E-state index contributed by atoms with van der Waals surface area (Å²) in [6.07, 6.45) is 0.773. The van der Waals surface area contributed by atoms with Crippen LogP contribution in [0, 0.1) is 0 Å². The second-order valence-electron chi connectivity index (χ2n) is 4.76. The number of anilines is 1. The molecule has 3 nitrogen and oxygen atoms in total. The van der Waals surface area contributed by atoms with Crippen LogP contribution < -0.4 is 10.1 Å². The number of benzene rings is 2. The normalized spacial score (nSPS) is 10.6. The van der Waals surface area contributed by atoms with E-state index in [0.29, 0.717) is 17.1 Å². The lowest BCUT2D eigenvalue weighted by Crippen LogP contribution is -2.05. The van der Waals surface area contributed by atoms with Crippen LogP contribution in [-0.4, -0.2) is 12.5 Å². The summed E-state index contributed by atoms with van der Waals surface area (Å²) in [5, 5.41) is 3.25. The molecule has 0 aliphatic carbocycles. The minimum Gasteiger partial charge on any atom is -0.491 e. The van der Waals surface area contributed by atoms with Crippen molar-refractivity contribution in [3.8, 4) is 5.75 Å². The van der Waals surface area contributed by atoms with Gasteiger partial charge in [-0.15, -0.1) is 0 Å². The summed E-state index contributed by atoms with van der Waals surface area (Å²) >= 11 is 11.1. The van der Waals surface area contributed by atoms with Crippen LogP contribution in [0.4, 0.5) is 5.69 Å². The van der Waals surface area contributed by atoms with Gasteiger partial charge in [0.15, 0.2) is 0 Å². The largest absolute Gasteiger partial charge is 0.491 e. The van der Waals surface area contributed by atoms with Crippen LogP contribution >= 0.6 is 39.3 Å². The number of carbonyl (C=O) groups is 1. The predicted molar refractivity (Wildman–Crippen MR) is 95.2 cm³/mol. The molecule has 22 heavy (non-hydrogen) atoms. The summed E-state index contributed by atoms with van der Waals surface area (Å²) in [7, 11) is 0. The molecule has 0 saturated heterocycles. The minimum atomic E-state index is 0.130. The van der Waals surface area contributed by atoms with Gasteiger partial charge in [0.25, 0.3) is 0 Å². The topological polar surface area (TPSA) is 38.3 Å². The lowest BCUT2D eigenvalue weighted by atomic mass is 10.3. The predicted octanol–water partition coefficient (Wildman–Crippen LogP) is 5.61. The molecular formula is C16H15BrClNO2S. The highest BCUT2D eigenvalue weighted by molar-refractivity contribution is 9.10. The van der Waals surface area contributed by atoms with Crippen LogP contribution in [0.1, 0.15) is 13.8 Å². The zero-order valence-corrected chi connectivity index (χ0v) is 15.3. The third-order valence-electron chi connectivity index (χ3n) is 2.65. The number of ether oxygens (including phenoxy) is 1. The number of nitrogens with one attached hydrogen (secondary N) is 1. The lowest BCUT2D eigenvalue weighted by Gasteiger charge is -2.13. The highest BCUT2D eigenvalue weighted by Crippen LogP contribution is 2.39. The van der Waals surface area contributed by atoms with Crippen molar-refractivity contribution in [2.24, 2.45) is 0 Å². The van der Waals surface area contributed by atoms with Gasteiger partial charge in [-0.25, -0.2) is 0 Å². The molecule has 0 atom stereocenters. The Labute approximate surface area is 147 Å². The van der Waals surface area contributed by atoms with Crippen LogP contribution in [-0.2, 0) is 4.79 Å². The molecule has 1 amide bonds. The van der Waals surface area contributed by atoms with Crippen LogP contribution in [0.3, 0.4) is 0 Å². The maximum Gasteiger partial charge on any atom is 0.211 e. The zero-order chi connectivity index (χ0) is 16.1. The van der Waals surface area contributed by atoms with Crippen molar-refractivity contribution in [3.63, 3.8) is 0 Å². The summed E-state index contributed by atoms with van der Waals surface area (Å²) in [5.74, 6) is 0.813. The molecule has 0 aliphatic rings. The van der Waals surface area contributed by atoms with E-state index in [9.17, 15) is 4.79 Å². The second kappa shape index (κ2) is 7.90. The van der Waals surface area contributed by atoms with Gasteiger partial charge in [0.05, 0.1) is 11.8 Å². The number of rotatable bonds is 6. The van der Waals surface area contributed by atoms with E-state index >= 15 is 0 Å². The van der Waals surface area contributed by atoms with Crippen molar-refractivity contribution in [3.05, 3.63) is 45.9 Å². The molecule has 0 aliphatic heterocycles. The quantitative estimate of drug-likeness (QED) is 0.641. The number of halogens is 2. The number of hydrogen-bond donors (Lipinski definition) is 1. The van der Waals surface area contributed by atoms with Crippen molar-refractivity contribution in [2.45, 2.75) is 29.7 Å². The second-order valence-corrected chi connectivity index (χ2v) is 7.14. The molecule has 2 rings (SSSR count). The van der Waals surface area contributed by atoms with Crippen molar-refractivity contribution < 1.29 is 9.53 Å². The summed E-state index contributed by atoms with van der Waals surface area (Å²) in [6.45, 7) is 3.98. The van der Waals surface area contributed by atoms with Gasteiger partial charge >= 0.3 is 0 Å². The van der Waals surface area contributed by atoms with Crippen molar-refractivity contribution in [1.29, 1.82) is 0 Å². The molecule has 0 bridgehead atoms. The van der Waals surface area contributed by atoms with Crippen molar-refractivity contribution in [2.75, 3.05) is 5.32 Å². The third kappa shape index (κ3) is 4.66. The summed E-state index contributed by atoms with van der Waals surface area (Å²) < 4.78 is 6.60. The van der Waals surface area contributed by atoms with Crippen LogP contribution in [0.2, 0.25) is 5.02 Å². The van der Waals surface area contributed by atoms with Gasteiger partial charge in [0.2, 0.25) is 6.41 Å². The van der Waals surface area contributed by atoms with Crippen LogP contribution in [0.5, 0.6) is 5.75 Å². The van der Waals surface area contributed by atoms with E-state index in [2.05, 4.69) is 21.2 Å². The highest BCUT2D eigenvalue weighted by atomic mass is 79.9. The Balaban J connectivity index is 2.25. The molecule has 0 saturated carbocycles. The van der Waals surface area contributed by atoms with Crippen molar-refractivity contribution in [1.82, 2.24) is 0 Å². The van der Waals surface area contributed by atoms with Gasteiger partial charge in [-0.05, 0) is 66.2 Å². The first-order valence-electron chi connectivity index (χ1n) is 6.63.